The van der Waals surface area contributed by atoms with E-state index in [1.54, 1.807) is 6.08 Å². The molecule has 44 valence electrons. The van der Waals surface area contributed by atoms with Crippen LogP contribution in [0.4, 0.5) is 0 Å². The average molecular weight is 110 g/mol. The van der Waals surface area contributed by atoms with Crippen LogP contribution in [0.3, 0.4) is 0 Å². The van der Waals surface area contributed by atoms with E-state index in [2.05, 4.69) is 18.2 Å². The summed E-state index contributed by atoms with van der Waals surface area (Å²) in [6.07, 6.45) is 3.66. The highest BCUT2D eigenvalue weighted by Gasteiger charge is 1.79. The second-order valence-corrected chi connectivity index (χ2v) is 1.34. The average Bonchev–Trinajstić information content (AvgIpc) is 1.68. The minimum atomic E-state index is 0.702. The summed E-state index contributed by atoms with van der Waals surface area (Å²) >= 11 is 0. The lowest BCUT2D eigenvalue weighted by molar-refractivity contribution is 1.18. The van der Waals surface area contributed by atoms with Crippen molar-refractivity contribution in [3.05, 3.63) is 24.9 Å². The first-order chi connectivity index (χ1) is 3.81. The Morgan fingerprint density at radius 3 is 2.75 bits per heavy atom. The molecule has 0 rings (SSSR count). The zero-order chi connectivity index (χ0) is 6.41. The second kappa shape index (κ2) is 4.12. The number of allylic oxidation sites excluding steroid dienone is 1. The highest BCUT2D eigenvalue weighted by Crippen LogP contribution is 1.96. The Morgan fingerprint density at radius 1 is 1.75 bits per heavy atom. The van der Waals surface area contributed by atoms with Crippen LogP contribution in [0, 0.1) is 0 Å². The maximum atomic E-state index is 4.97. The summed E-state index contributed by atoms with van der Waals surface area (Å²) < 4.78 is 0. The molecule has 2 nitrogen and oxygen atoms in total. The fourth-order valence-corrected chi connectivity index (χ4v) is 0.325. The summed E-state index contributed by atoms with van der Waals surface area (Å²) in [4.78, 5) is 3.70. The van der Waals surface area contributed by atoms with Crippen LogP contribution in [-0.2, 0) is 0 Å². The molecule has 0 unspecified atom stereocenters. The van der Waals surface area contributed by atoms with E-state index < -0.39 is 0 Å². The van der Waals surface area contributed by atoms with Crippen LogP contribution in [0.1, 0.15) is 6.42 Å². The molecule has 0 aromatic rings. The predicted octanol–water partition coefficient (Wildman–Crippen LogP) is 1.06. The maximum Gasteiger partial charge on any atom is 0.0856 e. The quantitative estimate of drug-likeness (QED) is 0.329. The van der Waals surface area contributed by atoms with Gasteiger partial charge in [-0.15, -0.1) is 6.58 Å². The molecule has 0 aliphatic heterocycles. The topological polar surface area (TPSA) is 38.4 Å². The fraction of sp³-hybridized carbons (Fsp3) is 0.167. The van der Waals surface area contributed by atoms with Crippen molar-refractivity contribution in [3.63, 3.8) is 0 Å². The molecule has 0 atom stereocenters. The molecular formula is C6H10N2. The number of hydrogen-bond acceptors (Lipinski definition) is 1. The predicted molar refractivity (Wildman–Crippen MR) is 36.6 cm³/mol. The van der Waals surface area contributed by atoms with Gasteiger partial charge in [-0.3, -0.25) is 0 Å². The summed E-state index contributed by atoms with van der Waals surface area (Å²) in [6, 6.07) is 0. The van der Waals surface area contributed by atoms with Gasteiger partial charge in [-0.05, 0) is 0 Å². The number of nitrogens with two attached hydrogens (primary N) is 1. The smallest absolute Gasteiger partial charge is 0.0856 e. The van der Waals surface area contributed by atoms with Crippen LogP contribution in [0.2, 0.25) is 0 Å². The van der Waals surface area contributed by atoms with Gasteiger partial charge in [0.2, 0.25) is 0 Å². The molecular weight excluding hydrogens is 100 g/mol. The van der Waals surface area contributed by atoms with Gasteiger partial charge in [0, 0.05) is 12.1 Å². The molecule has 0 spiro atoms. The lowest BCUT2D eigenvalue weighted by Crippen LogP contribution is -1.88. The summed E-state index contributed by atoms with van der Waals surface area (Å²) in [6.45, 7) is 7.09. The third kappa shape index (κ3) is 3.15. The zero-order valence-corrected chi connectivity index (χ0v) is 4.80. The van der Waals surface area contributed by atoms with Gasteiger partial charge < -0.3 is 5.73 Å². The first-order valence-electron chi connectivity index (χ1n) is 2.34. The molecule has 2 N–H and O–H groups in total. The van der Waals surface area contributed by atoms with E-state index in [1.807, 2.05) is 0 Å². The van der Waals surface area contributed by atoms with Crippen LogP contribution < -0.4 is 5.73 Å². The molecule has 0 bridgehead atoms. The lowest BCUT2D eigenvalue weighted by Gasteiger charge is -1.87. The molecule has 8 heavy (non-hydrogen) atoms. The van der Waals surface area contributed by atoms with Crippen molar-refractivity contribution < 1.29 is 0 Å². The Morgan fingerprint density at radius 2 is 2.38 bits per heavy atom. The molecule has 0 radical (unpaired) electrons. The van der Waals surface area contributed by atoms with Crippen LogP contribution in [0.15, 0.2) is 29.9 Å². The van der Waals surface area contributed by atoms with E-state index >= 15 is 0 Å². The van der Waals surface area contributed by atoms with Crippen molar-refractivity contribution in [2.45, 2.75) is 6.42 Å². The van der Waals surface area contributed by atoms with Crippen molar-refractivity contribution in [1.82, 2.24) is 0 Å². The van der Waals surface area contributed by atoms with E-state index in [0.29, 0.717) is 6.42 Å². The van der Waals surface area contributed by atoms with Gasteiger partial charge in [0.25, 0.3) is 0 Å². The van der Waals surface area contributed by atoms with Crippen molar-refractivity contribution >= 4 is 6.34 Å². The molecule has 0 saturated carbocycles. The van der Waals surface area contributed by atoms with E-state index in [9.17, 15) is 0 Å². The summed E-state index contributed by atoms with van der Waals surface area (Å²) in [5.41, 5.74) is 5.71. The van der Waals surface area contributed by atoms with Crippen LogP contribution >= 0.6 is 0 Å². The highest BCUT2D eigenvalue weighted by molar-refractivity contribution is 5.53. The van der Waals surface area contributed by atoms with Gasteiger partial charge in [-0.25, -0.2) is 4.99 Å². The first kappa shape index (κ1) is 6.95. The maximum absolute atomic E-state index is 4.97. The molecule has 0 saturated heterocycles. The Kier molecular flexibility index (Phi) is 3.58. The van der Waals surface area contributed by atoms with Crippen molar-refractivity contribution in [1.29, 1.82) is 0 Å². The van der Waals surface area contributed by atoms with Gasteiger partial charge in [0.1, 0.15) is 0 Å². The fourth-order valence-electron chi connectivity index (χ4n) is 0.325. The second-order valence-electron chi connectivity index (χ2n) is 1.34. The molecule has 0 aliphatic rings. The van der Waals surface area contributed by atoms with Crippen molar-refractivity contribution in [3.8, 4) is 0 Å². The summed E-state index contributed by atoms with van der Waals surface area (Å²) in [5.74, 6) is 0. The zero-order valence-electron chi connectivity index (χ0n) is 4.80. The molecule has 0 aliphatic carbocycles. The van der Waals surface area contributed by atoms with Crippen LogP contribution in [0.25, 0.3) is 0 Å². The van der Waals surface area contributed by atoms with Gasteiger partial charge in [-0.2, -0.15) is 0 Å². The van der Waals surface area contributed by atoms with Crippen molar-refractivity contribution in [2.75, 3.05) is 0 Å². The van der Waals surface area contributed by atoms with Gasteiger partial charge in [0.05, 0.1) is 6.34 Å². The Balaban J connectivity index is 3.48. The van der Waals surface area contributed by atoms with E-state index in [4.69, 9.17) is 5.73 Å². The van der Waals surface area contributed by atoms with Gasteiger partial charge in [0.15, 0.2) is 0 Å². The molecule has 2 heteroatoms. The molecule has 0 heterocycles. The normalized spacial score (nSPS) is 9.50. The largest absolute Gasteiger partial charge is 0.390 e. The minimum Gasteiger partial charge on any atom is -0.390 e. The third-order valence-corrected chi connectivity index (χ3v) is 0.637. The minimum absolute atomic E-state index is 0.702. The standard InChI is InChI=1S/C6H10N2/c1-3-4-6(2)8-5-7/h3,5H,1-2,4H2,(H2,7,8). The first-order valence-corrected chi connectivity index (χ1v) is 2.34. The molecule has 0 fully saturated rings. The van der Waals surface area contributed by atoms with E-state index in [1.165, 1.54) is 6.34 Å². The number of aliphatic imine (C=N–C) groups is 1. The number of hydrogen-bond donors (Lipinski definition) is 1. The SMILES string of the molecule is C=CCC(=C)/N=C\N. The Hall–Kier alpha value is -1.05. The molecule has 0 aromatic carbocycles. The van der Waals surface area contributed by atoms with E-state index in [0.717, 1.165) is 5.70 Å². The monoisotopic (exact) mass is 110 g/mol. The third-order valence-electron chi connectivity index (χ3n) is 0.637. The lowest BCUT2D eigenvalue weighted by atomic mass is 10.3. The number of rotatable bonds is 3. The van der Waals surface area contributed by atoms with Gasteiger partial charge >= 0.3 is 0 Å². The van der Waals surface area contributed by atoms with Gasteiger partial charge in [-0.1, -0.05) is 12.7 Å². The van der Waals surface area contributed by atoms with Crippen LogP contribution in [-0.4, -0.2) is 6.34 Å². The Labute approximate surface area is 49.4 Å². The van der Waals surface area contributed by atoms with E-state index in [-0.39, 0.29) is 0 Å². The number of nitrogens with zero attached hydrogens (tertiary/aromatic N) is 1. The summed E-state index contributed by atoms with van der Waals surface area (Å²) in [7, 11) is 0. The Bertz CT molecular complexity index is 114. The molecule has 0 amide bonds. The summed E-state index contributed by atoms with van der Waals surface area (Å²) in [5, 5.41) is 0. The molecule has 0 aromatic heterocycles. The van der Waals surface area contributed by atoms with Crippen molar-refractivity contribution in [2.24, 2.45) is 10.7 Å². The van der Waals surface area contributed by atoms with Crippen LogP contribution in [0.5, 0.6) is 0 Å². The highest BCUT2D eigenvalue weighted by atomic mass is 14.8.